The van der Waals surface area contributed by atoms with Crippen LogP contribution in [0, 0.1) is 10.8 Å². The highest BCUT2D eigenvalue weighted by Gasteiger charge is 2.63. The highest BCUT2D eigenvalue weighted by Crippen LogP contribution is 2.63. The van der Waals surface area contributed by atoms with Gasteiger partial charge in [-0.1, -0.05) is 78.1 Å². The van der Waals surface area contributed by atoms with Crippen LogP contribution in [0.15, 0.2) is 0 Å². The number of rotatable bonds is 16. The van der Waals surface area contributed by atoms with Gasteiger partial charge in [0, 0.05) is 24.0 Å². The smallest absolute Gasteiger partial charge is 0.145 e. The fraction of sp³-hybridized carbons (Fsp3) is 0.967. The Labute approximate surface area is 205 Å². The van der Waals surface area contributed by atoms with E-state index in [2.05, 4.69) is 13.8 Å². The van der Waals surface area contributed by atoms with Crippen LogP contribution in [0.3, 0.4) is 0 Å². The zero-order chi connectivity index (χ0) is 23.4. The predicted molar refractivity (Wildman–Crippen MR) is 138 cm³/mol. The van der Waals surface area contributed by atoms with E-state index >= 15 is 0 Å². The van der Waals surface area contributed by atoms with Gasteiger partial charge >= 0.3 is 0 Å². The molecule has 3 saturated carbocycles. The van der Waals surface area contributed by atoms with Crippen LogP contribution in [0.2, 0.25) is 0 Å². The number of hydrogen-bond donors (Lipinski definition) is 0. The number of unbranched alkanes of at least 4 members (excludes halogenated alkanes) is 10. The molecule has 192 valence electrons. The van der Waals surface area contributed by atoms with Crippen molar-refractivity contribution in [3.63, 3.8) is 0 Å². The van der Waals surface area contributed by atoms with Crippen molar-refractivity contribution in [3.05, 3.63) is 0 Å². The molecular weight excluding hydrogens is 408 g/mol. The second kappa shape index (κ2) is 14.2. The van der Waals surface area contributed by atoms with Crippen molar-refractivity contribution in [2.75, 3.05) is 13.2 Å². The molecule has 0 aromatic carbocycles. The van der Waals surface area contributed by atoms with E-state index in [0.29, 0.717) is 18.0 Å². The van der Waals surface area contributed by atoms with Crippen LogP contribution in [0.5, 0.6) is 0 Å². The number of carbonyl (C=O) groups excluding carboxylic acids is 1. The average Bonchev–Trinajstić information content (AvgIpc) is 2.84. The summed E-state index contributed by atoms with van der Waals surface area (Å²) >= 11 is 0. The van der Waals surface area contributed by atoms with Gasteiger partial charge in [0.25, 0.3) is 0 Å². The summed E-state index contributed by atoms with van der Waals surface area (Å²) in [7, 11) is 0. The van der Waals surface area contributed by atoms with Crippen LogP contribution in [0.4, 0.5) is 0 Å². The molecule has 2 spiro atoms. The third kappa shape index (κ3) is 7.79. The fourth-order valence-electron chi connectivity index (χ4n) is 6.96. The van der Waals surface area contributed by atoms with E-state index < -0.39 is 0 Å². The van der Waals surface area contributed by atoms with E-state index in [9.17, 15) is 4.79 Å². The fourth-order valence-corrected chi connectivity index (χ4v) is 6.96. The second-order valence-corrected chi connectivity index (χ2v) is 11.7. The van der Waals surface area contributed by atoms with Crippen molar-refractivity contribution >= 4 is 5.78 Å². The molecule has 0 aliphatic heterocycles. The van der Waals surface area contributed by atoms with Crippen molar-refractivity contribution < 1.29 is 14.3 Å². The van der Waals surface area contributed by atoms with Gasteiger partial charge in [0.1, 0.15) is 5.78 Å². The molecule has 3 aliphatic rings. The molecule has 0 aromatic heterocycles. The molecule has 0 atom stereocenters. The summed E-state index contributed by atoms with van der Waals surface area (Å²) in [6.07, 6.45) is 26.5. The number of hydrogen-bond acceptors (Lipinski definition) is 3. The molecule has 0 amide bonds. The molecule has 3 aliphatic carbocycles. The lowest BCUT2D eigenvalue weighted by atomic mass is 9.44. The lowest BCUT2D eigenvalue weighted by Gasteiger charge is -2.59. The first kappa shape index (κ1) is 27.2. The van der Waals surface area contributed by atoms with Crippen molar-refractivity contribution in [2.45, 2.75) is 161 Å². The molecule has 0 heterocycles. The Morgan fingerprint density at radius 3 is 1.33 bits per heavy atom. The van der Waals surface area contributed by atoms with Crippen molar-refractivity contribution in [3.8, 4) is 0 Å². The normalized spacial score (nSPS) is 31.9. The Bertz CT molecular complexity index is 495. The summed E-state index contributed by atoms with van der Waals surface area (Å²) in [6, 6.07) is 0. The number of ketones is 1. The second-order valence-electron chi connectivity index (χ2n) is 11.7. The molecule has 33 heavy (non-hydrogen) atoms. The molecular formula is C30H54O3. The lowest BCUT2D eigenvalue weighted by Crippen LogP contribution is -2.60. The number of ether oxygens (including phenoxy) is 2. The zero-order valence-electron chi connectivity index (χ0n) is 22.1. The molecule has 0 unspecified atom stereocenters. The minimum atomic E-state index is 0.0200. The molecule has 3 fully saturated rings. The Hall–Kier alpha value is -0.410. The molecule has 0 radical (unpaired) electrons. The Morgan fingerprint density at radius 1 is 0.606 bits per heavy atom. The first-order chi connectivity index (χ1) is 16.1. The van der Waals surface area contributed by atoms with E-state index in [-0.39, 0.29) is 10.8 Å². The minimum Gasteiger partial charge on any atom is -0.378 e. The van der Waals surface area contributed by atoms with Gasteiger partial charge in [-0.15, -0.1) is 0 Å². The van der Waals surface area contributed by atoms with Crippen LogP contribution in [0.25, 0.3) is 0 Å². The summed E-state index contributed by atoms with van der Waals surface area (Å²) < 4.78 is 12.4. The molecule has 3 nitrogen and oxygen atoms in total. The van der Waals surface area contributed by atoms with Crippen molar-refractivity contribution in [1.82, 2.24) is 0 Å². The van der Waals surface area contributed by atoms with Crippen LogP contribution in [-0.4, -0.2) is 31.2 Å². The van der Waals surface area contributed by atoms with Gasteiger partial charge < -0.3 is 9.47 Å². The average molecular weight is 463 g/mol. The van der Waals surface area contributed by atoms with Crippen molar-refractivity contribution in [1.29, 1.82) is 0 Å². The van der Waals surface area contributed by atoms with Gasteiger partial charge in [-0.25, -0.2) is 0 Å². The first-order valence-corrected chi connectivity index (χ1v) is 14.9. The van der Waals surface area contributed by atoms with E-state index in [1.165, 1.54) is 77.0 Å². The Kier molecular flexibility index (Phi) is 11.7. The van der Waals surface area contributed by atoms with Gasteiger partial charge in [-0.2, -0.15) is 0 Å². The molecule has 3 rings (SSSR count). The van der Waals surface area contributed by atoms with Crippen LogP contribution in [0.1, 0.15) is 149 Å². The maximum absolute atomic E-state index is 13.4. The summed E-state index contributed by atoms with van der Waals surface area (Å²) in [6.45, 7) is 6.37. The van der Waals surface area contributed by atoms with Gasteiger partial charge in [0.05, 0.1) is 12.2 Å². The zero-order valence-corrected chi connectivity index (χ0v) is 22.1. The molecule has 0 bridgehead atoms. The SMILES string of the molecule is CCCCCCCCOC1CC[C@]2(CC1)C[C@@]1(CCC(OCCCCCCCC)CC1)C2=O. The number of carbonyl (C=O) groups is 1. The summed E-state index contributed by atoms with van der Waals surface area (Å²) in [4.78, 5) is 13.4. The van der Waals surface area contributed by atoms with Gasteiger partial charge in [0.2, 0.25) is 0 Å². The van der Waals surface area contributed by atoms with Crippen LogP contribution in [-0.2, 0) is 14.3 Å². The predicted octanol–water partition coefficient (Wildman–Crippen LogP) is 8.57. The third-order valence-electron chi connectivity index (χ3n) is 9.12. The Morgan fingerprint density at radius 2 is 0.970 bits per heavy atom. The standard InChI is InChI=1S/C30H54O3/c1-3-5-7-9-11-13-23-32-26-15-19-29(20-16-26)25-30(28(29)31)21-17-27(18-22-30)33-24-14-12-10-8-6-4-2/h26-27H,3-25H2,1-2H3/t26?,27?,29-,30-. The summed E-state index contributed by atoms with van der Waals surface area (Å²) in [5, 5.41) is 0. The topological polar surface area (TPSA) is 35.5 Å². The molecule has 0 N–H and O–H groups in total. The van der Waals surface area contributed by atoms with Gasteiger partial charge in [0.15, 0.2) is 0 Å². The monoisotopic (exact) mass is 462 g/mol. The van der Waals surface area contributed by atoms with E-state index in [1.807, 2.05) is 0 Å². The van der Waals surface area contributed by atoms with Crippen LogP contribution < -0.4 is 0 Å². The van der Waals surface area contributed by atoms with E-state index in [0.717, 1.165) is 71.0 Å². The highest BCUT2D eigenvalue weighted by molar-refractivity contribution is 5.96. The first-order valence-electron chi connectivity index (χ1n) is 14.9. The van der Waals surface area contributed by atoms with Gasteiger partial charge in [-0.3, -0.25) is 4.79 Å². The largest absolute Gasteiger partial charge is 0.378 e. The van der Waals surface area contributed by atoms with E-state index in [4.69, 9.17) is 9.47 Å². The third-order valence-corrected chi connectivity index (χ3v) is 9.12. The van der Waals surface area contributed by atoms with E-state index in [1.54, 1.807) is 0 Å². The maximum Gasteiger partial charge on any atom is 0.145 e. The maximum atomic E-state index is 13.4. The molecule has 0 saturated heterocycles. The minimum absolute atomic E-state index is 0.0200. The quantitative estimate of drug-likeness (QED) is 0.215. The van der Waals surface area contributed by atoms with Crippen LogP contribution >= 0.6 is 0 Å². The summed E-state index contributed by atoms with van der Waals surface area (Å²) in [5.41, 5.74) is 0.0401. The number of Topliss-reactive ketones (excluding diaryl/α,β-unsaturated/α-hetero) is 1. The Balaban J connectivity index is 1.25. The molecule has 3 heteroatoms. The molecule has 0 aromatic rings. The van der Waals surface area contributed by atoms with Gasteiger partial charge in [-0.05, 0) is 70.6 Å². The summed E-state index contributed by atoms with van der Waals surface area (Å²) in [5.74, 6) is 0.624. The highest BCUT2D eigenvalue weighted by atomic mass is 16.5. The lowest BCUT2D eigenvalue weighted by molar-refractivity contribution is -0.173. The van der Waals surface area contributed by atoms with Crippen molar-refractivity contribution in [2.24, 2.45) is 10.8 Å².